The van der Waals surface area contributed by atoms with Crippen LogP contribution in [0.25, 0.3) is 5.69 Å². The molecule has 1 unspecified atom stereocenters. The van der Waals surface area contributed by atoms with Gasteiger partial charge in [-0.15, -0.1) is 0 Å². The van der Waals surface area contributed by atoms with Crippen LogP contribution in [-0.2, 0) is 15.9 Å². The maximum atomic E-state index is 13.1. The quantitative estimate of drug-likeness (QED) is 0.685. The van der Waals surface area contributed by atoms with E-state index in [-0.39, 0.29) is 17.8 Å². The van der Waals surface area contributed by atoms with Crippen molar-refractivity contribution < 1.29 is 18.7 Å². The van der Waals surface area contributed by atoms with Gasteiger partial charge in [0.2, 0.25) is 0 Å². The van der Waals surface area contributed by atoms with Crippen LogP contribution < -0.4 is 5.32 Å². The number of halogens is 1. The highest BCUT2D eigenvalue weighted by atomic mass is 19.1. The van der Waals surface area contributed by atoms with Gasteiger partial charge in [-0.1, -0.05) is 6.92 Å². The van der Waals surface area contributed by atoms with E-state index in [1.54, 1.807) is 23.0 Å². The van der Waals surface area contributed by atoms with Crippen LogP contribution in [0.5, 0.6) is 0 Å². The van der Waals surface area contributed by atoms with E-state index in [9.17, 15) is 9.18 Å². The fourth-order valence-corrected chi connectivity index (χ4v) is 3.17. The number of aromatic nitrogens is 2. The van der Waals surface area contributed by atoms with Crippen LogP contribution in [0.4, 0.5) is 4.39 Å². The van der Waals surface area contributed by atoms with E-state index in [2.05, 4.69) is 10.4 Å². The summed E-state index contributed by atoms with van der Waals surface area (Å²) in [5, 5.41) is 7.22. The molecule has 1 aliphatic rings. The first-order valence-electron chi connectivity index (χ1n) is 9.49. The minimum atomic E-state index is -0.302. The third-order valence-corrected chi connectivity index (χ3v) is 4.60. The van der Waals surface area contributed by atoms with E-state index >= 15 is 0 Å². The summed E-state index contributed by atoms with van der Waals surface area (Å²) in [6, 6.07) is 6.06. The predicted octanol–water partition coefficient (Wildman–Crippen LogP) is 2.89. The molecule has 3 rings (SSSR count). The highest BCUT2D eigenvalue weighted by Crippen LogP contribution is 2.16. The number of benzene rings is 1. The molecule has 0 spiro atoms. The summed E-state index contributed by atoms with van der Waals surface area (Å²) >= 11 is 0. The molecule has 6 nitrogen and oxygen atoms in total. The van der Waals surface area contributed by atoms with Crippen LogP contribution >= 0.6 is 0 Å². The van der Waals surface area contributed by atoms with E-state index in [0.29, 0.717) is 31.7 Å². The first kappa shape index (κ1) is 19.5. The number of nitrogens with zero attached hydrogens (tertiary/aromatic N) is 2. The normalized spacial score (nSPS) is 16.6. The first-order valence-corrected chi connectivity index (χ1v) is 9.49. The molecular weight excluding hydrogens is 349 g/mol. The minimum absolute atomic E-state index is 0.153. The van der Waals surface area contributed by atoms with E-state index < -0.39 is 0 Å². The average Bonchev–Trinajstić information content (AvgIpc) is 3.34. The molecule has 1 fully saturated rings. The van der Waals surface area contributed by atoms with Gasteiger partial charge in [0, 0.05) is 19.8 Å². The van der Waals surface area contributed by atoms with Gasteiger partial charge in [-0.05, 0) is 49.9 Å². The monoisotopic (exact) mass is 375 g/mol. The lowest BCUT2D eigenvalue weighted by Gasteiger charge is -2.11. The molecule has 1 atom stereocenters. The lowest BCUT2D eigenvalue weighted by Crippen LogP contribution is -2.26. The van der Waals surface area contributed by atoms with Gasteiger partial charge >= 0.3 is 0 Å². The maximum Gasteiger partial charge on any atom is 0.254 e. The van der Waals surface area contributed by atoms with E-state index in [4.69, 9.17) is 9.47 Å². The van der Waals surface area contributed by atoms with Gasteiger partial charge in [0.1, 0.15) is 5.82 Å². The summed E-state index contributed by atoms with van der Waals surface area (Å²) < 4.78 is 25.9. The number of nitrogens with one attached hydrogen (secondary N) is 1. The number of amides is 1. The third kappa shape index (κ3) is 5.14. The molecule has 0 radical (unpaired) electrons. The third-order valence-electron chi connectivity index (χ3n) is 4.60. The molecule has 27 heavy (non-hydrogen) atoms. The molecule has 2 aromatic rings. The SMILES string of the molecule is CCc1c(C(=O)NCCCOCC2CCCO2)cnn1-c1ccc(F)cc1. The molecule has 1 aromatic carbocycles. The largest absolute Gasteiger partial charge is 0.379 e. The zero-order valence-electron chi connectivity index (χ0n) is 15.6. The minimum Gasteiger partial charge on any atom is -0.379 e. The van der Waals surface area contributed by atoms with Crippen LogP contribution in [0.3, 0.4) is 0 Å². The van der Waals surface area contributed by atoms with Crippen LogP contribution in [0, 0.1) is 5.82 Å². The van der Waals surface area contributed by atoms with Crippen molar-refractivity contribution in [2.24, 2.45) is 0 Å². The fraction of sp³-hybridized carbons (Fsp3) is 0.500. The van der Waals surface area contributed by atoms with Crippen LogP contribution in [0.2, 0.25) is 0 Å². The second kappa shape index (κ2) is 9.62. The van der Waals surface area contributed by atoms with Crippen molar-refractivity contribution in [1.82, 2.24) is 15.1 Å². The van der Waals surface area contributed by atoms with Crippen LogP contribution in [0.1, 0.15) is 42.2 Å². The molecule has 1 N–H and O–H groups in total. The summed E-state index contributed by atoms with van der Waals surface area (Å²) in [6.07, 6.45) is 5.34. The number of rotatable bonds is 9. The van der Waals surface area contributed by atoms with Crippen molar-refractivity contribution >= 4 is 5.91 Å². The van der Waals surface area contributed by atoms with Crippen molar-refractivity contribution in [1.29, 1.82) is 0 Å². The average molecular weight is 375 g/mol. The molecule has 1 amide bonds. The Morgan fingerprint density at radius 1 is 1.41 bits per heavy atom. The molecule has 1 saturated heterocycles. The van der Waals surface area contributed by atoms with Crippen molar-refractivity contribution in [2.45, 2.75) is 38.7 Å². The number of hydrogen-bond acceptors (Lipinski definition) is 4. The second-order valence-corrected chi connectivity index (χ2v) is 6.57. The molecule has 2 heterocycles. The molecule has 146 valence electrons. The smallest absolute Gasteiger partial charge is 0.254 e. The summed E-state index contributed by atoms with van der Waals surface area (Å²) in [6.45, 7) is 4.55. The number of ether oxygens (including phenoxy) is 2. The molecule has 7 heteroatoms. The molecule has 1 aliphatic heterocycles. The molecule has 0 saturated carbocycles. The molecule has 0 aliphatic carbocycles. The highest BCUT2D eigenvalue weighted by Gasteiger charge is 2.17. The summed E-state index contributed by atoms with van der Waals surface area (Å²) in [5.74, 6) is -0.456. The second-order valence-electron chi connectivity index (χ2n) is 6.57. The summed E-state index contributed by atoms with van der Waals surface area (Å²) in [7, 11) is 0. The highest BCUT2D eigenvalue weighted by molar-refractivity contribution is 5.95. The lowest BCUT2D eigenvalue weighted by atomic mass is 10.2. The first-order chi connectivity index (χ1) is 13.2. The Morgan fingerprint density at radius 3 is 2.93 bits per heavy atom. The summed E-state index contributed by atoms with van der Waals surface area (Å²) in [4.78, 5) is 12.5. The Hall–Kier alpha value is -2.25. The van der Waals surface area contributed by atoms with Crippen LogP contribution in [0.15, 0.2) is 30.5 Å². The number of carbonyl (C=O) groups excluding carboxylic acids is 1. The fourth-order valence-electron chi connectivity index (χ4n) is 3.17. The van der Waals surface area contributed by atoms with Gasteiger partial charge in [-0.3, -0.25) is 4.79 Å². The van der Waals surface area contributed by atoms with E-state index in [0.717, 1.165) is 37.3 Å². The number of carbonyl (C=O) groups is 1. The molecule has 1 aromatic heterocycles. The van der Waals surface area contributed by atoms with Gasteiger partial charge < -0.3 is 14.8 Å². The van der Waals surface area contributed by atoms with Gasteiger partial charge in [-0.2, -0.15) is 5.10 Å². The van der Waals surface area contributed by atoms with Gasteiger partial charge in [0.05, 0.1) is 35.9 Å². The lowest BCUT2D eigenvalue weighted by molar-refractivity contribution is 0.0166. The van der Waals surface area contributed by atoms with Crippen molar-refractivity contribution in [3.63, 3.8) is 0 Å². The van der Waals surface area contributed by atoms with Gasteiger partial charge in [0.25, 0.3) is 5.91 Å². The molecule has 0 bridgehead atoms. The van der Waals surface area contributed by atoms with E-state index in [1.165, 1.54) is 12.1 Å². The summed E-state index contributed by atoms with van der Waals surface area (Å²) in [5.41, 5.74) is 2.07. The molecular formula is C20H26FN3O3. The van der Waals surface area contributed by atoms with Crippen molar-refractivity contribution in [3.05, 3.63) is 47.5 Å². The number of hydrogen-bond donors (Lipinski definition) is 1. The van der Waals surface area contributed by atoms with Gasteiger partial charge in [-0.25, -0.2) is 9.07 Å². The Morgan fingerprint density at radius 2 is 2.22 bits per heavy atom. The Bertz CT molecular complexity index is 739. The zero-order valence-corrected chi connectivity index (χ0v) is 15.6. The standard InChI is InChI=1S/C20H26FN3O3/c1-2-19-18(13-23-24(19)16-8-6-15(21)7-9-16)20(25)22-10-4-11-26-14-17-5-3-12-27-17/h6-9,13,17H,2-5,10-12,14H2,1H3,(H,22,25). The Kier molecular flexibility index (Phi) is 6.95. The van der Waals surface area contributed by atoms with E-state index in [1.807, 2.05) is 6.92 Å². The Balaban J connectivity index is 1.48. The topological polar surface area (TPSA) is 65.4 Å². The van der Waals surface area contributed by atoms with Crippen molar-refractivity contribution in [3.8, 4) is 5.69 Å². The Labute approximate surface area is 158 Å². The van der Waals surface area contributed by atoms with Crippen LogP contribution in [-0.4, -0.2) is 48.2 Å². The zero-order chi connectivity index (χ0) is 19.1. The van der Waals surface area contributed by atoms with Gasteiger partial charge in [0.15, 0.2) is 0 Å². The van der Waals surface area contributed by atoms with Crippen molar-refractivity contribution in [2.75, 3.05) is 26.4 Å². The maximum absolute atomic E-state index is 13.1. The predicted molar refractivity (Wildman–Crippen MR) is 99.6 cm³/mol.